The van der Waals surface area contributed by atoms with Gasteiger partial charge >= 0.3 is 0 Å². The van der Waals surface area contributed by atoms with Crippen molar-refractivity contribution < 1.29 is 13.2 Å². The molecule has 0 saturated carbocycles. The van der Waals surface area contributed by atoms with Gasteiger partial charge in [-0.15, -0.1) is 0 Å². The van der Waals surface area contributed by atoms with E-state index in [0.717, 1.165) is 0 Å². The van der Waals surface area contributed by atoms with Crippen LogP contribution in [-0.2, 0) is 10.0 Å². The molecule has 0 aliphatic rings. The minimum absolute atomic E-state index is 0.0359. The fourth-order valence-corrected chi connectivity index (χ4v) is 2.56. The first kappa shape index (κ1) is 15.5. The molecule has 2 aromatic rings. The number of amides is 1. The predicted octanol–water partition coefficient (Wildman–Crippen LogP) is 2.50. The first-order valence-corrected chi connectivity index (χ1v) is 7.89. The Labute approximate surface area is 128 Å². The standard InChI is InChI=1S/C14H13ClN2O3S/c1-16-21(19,20)13-4-2-3-10(9-13)14(18)17-12-7-5-11(15)6-8-12/h2-9,16H,1H3,(H,17,18). The van der Waals surface area contributed by atoms with Crippen molar-refractivity contribution in [3.63, 3.8) is 0 Å². The van der Waals surface area contributed by atoms with Gasteiger partial charge in [0.25, 0.3) is 5.91 Å². The summed E-state index contributed by atoms with van der Waals surface area (Å²) in [5.74, 6) is -0.398. The molecule has 5 nitrogen and oxygen atoms in total. The van der Waals surface area contributed by atoms with Gasteiger partial charge in [0.15, 0.2) is 0 Å². The fraction of sp³-hybridized carbons (Fsp3) is 0.0714. The van der Waals surface area contributed by atoms with Gasteiger partial charge in [0.1, 0.15) is 0 Å². The van der Waals surface area contributed by atoms with Crippen LogP contribution in [0.2, 0.25) is 5.02 Å². The smallest absolute Gasteiger partial charge is 0.255 e. The molecule has 0 aromatic heterocycles. The first-order chi connectivity index (χ1) is 9.92. The van der Waals surface area contributed by atoms with E-state index >= 15 is 0 Å². The minimum Gasteiger partial charge on any atom is -0.322 e. The third kappa shape index (κ3) is 3.81. The molecule has 2 aromatic carbocycles. The van der Waals surface area contributed by atoms with Crippen LogP contribution in [-0.4, -0.2) is 21.4 Å². The van der Waals surface area contributed by atoms with Crippen LogP contribution in [0.5, 0.6) is 0 Å². The normalized spacial score (nSPS) is 11.1. The van der Waals surface area contributed by atoms with E-state index < -0.39 is 15.9 Å². The van der Waals surface area contributed by atoms with E-state index in [0.29, 0.717) is 10.7 Å². The Morgan fingerprint density at radius 1 is 1.10 bits per heavy atom. The average Bonchev–Trinajstić information content (AvgIpc) is 2.49. The van der Waals surface area contributed by atoms with E-state index in [-0.39, 0.29) is 10.5 Å². The van der Waals surface area contributed by atoms with Gasteiger partial charge in [-0.05, 0) is 49.5 Å². The Hall–Kier alpha value is -1.89. The number of carbonyl (C=O) groups excluding carboxylic acids is 1. The number of sulfonamides is 1. The monoisotopic (exact) mass is 324 g/mol. The summed E-state index contributed by atoms with van der Waals surface area (Å²) in [6, 6.07) is 12.4. The van der Waals surface area contributed by atoms with E-state index in [1.165, 1.54) is 25.2 Å². The van der Waals surface area contributed by atoms with Gasteiger partial charge in [0.05, 0.1) is 4.90 Å². The van der Waals surface area contributed by atoms with Gasteiger partial charge < -0.3 is 5.32 Å². The number of nitrogens with one attached hydrogen (secondary N) is 2. The topological polar surface area (TPSA) is 75.3 Å². The molecule has 2 N–H and O–H groups in total. The molecule has 0 fully saturated rings. The Morgan fingerprint density at radius 2 is 1.76 bits per heavy atom. The van der Waals surface area contributed by atoms with Gasteiger partial charge in [-0.1, -0.05) is 17.7 Å². The maximum Gasteiger partial charge on any atom is 0.255 e. The number of rotatable bonds is 4. The van der Waals surface area contributed by atoms with E-state index in [1.54, 1.807) is 30.3 Å². The molecule has 7 heteroatoms. The molecular weight excluding hydrogens is 312 g/mol. The number of hydrogen-bond acceptors (Lipinski definition) is 3. The Morgan fingerprint density at radius 3 is 2.38 bits per heavy atom. The van der Waals surface area contributed by atoms with Crippen molar-refractivity contribution in [2.24, 2.45) is 0 Å². The van der Waals surface area contributed by atoms with Crippen molar-refractivity contribution in [1.29, 1.82) is 0 Å². The molecule has 0 unspecified atom stereocenters. The lowest BCUT2D eigenvalue weighted by Crippen LogP contribution is -2.19. The lowest BCUT2D eigenvalue weighted by Gasteiger charge is -2.07. The van der Waals surface area contributed by atoms with Crippen LogP contribution >= 0.6 is 11.6 Å². The Kier molecular flexibility index (Phi) is 4.62. The molecule has 0 atom stereocenters. The molecule has 0 saturated heterocycles. The van der Waals surface area contributed by atoms with Crippen LogP contribution < -0.4 is 10.0 Å². The molecule has 110 valence electrons. The van der Waals surface area contributed by atoms with Gasteiger partial charge in [-0.25, -0.2) is 13.1 Å². The summed E-state index contributed by atoms with van der Waals surface area (Å²) in [6.45, 7) is 0. The highest BCUT2D eigenvalue weighted by molar-refractivity contribution is 7.89. The summed E-state index contributed by atoms with van der Waals surface area (Å²) in [5.41, 5.74) is 0.826. The van der Waals surface area contributed by atoms with Crippen molar-refractivity contribution >= 4 is 33.2 Å². The first-order valence-electron chi connectivity index (χ1n) is 6.03. The average molecular weight is 325 g/mol. The summed E-state index contributed by atoms with van der Waals surface area (Å²) >= 11 is 5.77. The zero-order chi connectivity index (χ0) is 15.5. The molecule has 0 spiro atoms. The number of carbonyl (C=O) groups is 1. The maximum absolute atomic E-state index is 12.1. The molecule has 0 bridgehead atoms. The highest BCUT2D eigenvalue weighted by atomic mass is 35.5. The summed E-state index contributed by atoms with van der Waals surface area (Å²) in [6.07, 6.45) is 0. The number of hydrogen-bond donors (Lipinski definition) is 2. The van der Waals surface area contributed by atoms with Gasteiger partial charge in [-0.2, -0.15) is 0 Å². The number of benzene rings is 2. The molecular formula is C14H13ClN2O3S. The summed E-state index contributed by atoms with van der Waals surface area (Å²) in [7, 11) is -2.26. The molecule has 0 radical (unpaired) electrons. The lowest BCUT2D eigenvalue weighted by molar-refractivity contribution is 0.102. The SMILES string of the molecule is CNS(=O)(=O)c1cccc(C(=O)Nc2ccc(Cl)cc2)c1. The van der Waals surface area contributed by atoms with E-state index in [2.05, 4.69) is 10.0 Å². The van der Waals surface area contributed by atoms with Crippen LogP contribution in [0.4, 0.5) is 5.69 Å². The van der Waals surface area contributed by atoms with E-state index in [9.17, 15) is 13.2 Å². The van der Waals surface area contributed by atoms with Crippen LogP contribution in [0.3, 0.4) is 0 Å². The van der Waals surface area contributed by atoms with Crippen molar-refractivity contribution in [3.8, 4) is 0 Å². The van der Waals surface area contributed by atoms with Gasteiger partial charge in [0, 0.05) is 16.3 Å². The van der Waals surface area contributed by atoms with Crippen molar-refractivity contribution in [3.05, 3.63) is 59.1 Å². The molecule has 0 aliphatic carbocycles. The Balaban J connectivity index is 2.24. The number of halogens is 1. The van der Waals surface area contributed by atoms with E-state index in [4.69, 9.17) is 11.6 Å². The second kappa shape index (κ2) is 6.26. The third-order valence-electron chi connectivity index (χ3n) is 2.78. The lowest BCUT2D eigenvalue weighted by atomic mass is 10.2. The quantitative estimate of drug-likeness (QED) is 0.907. The van der Waals surface area contributed by atoms with Crippen LogP contribution in [0, 0.1) is 0 Å². The fourth-order valence-electron chi connectivity index (χ4n) is 1.66. The van der Waals surface area contributed by atoms with E-state index in [1.807, 2.05) is 0 Å². The largest absolute Gasteiger partial charge is 0.322 e. The van der Waals surface area contributed by atoms with Gasteiger partial charge in [-0.3, -0.25) is 4.79 Å². The minimum atomic E-state index is -3.58. The molecule has 0 heterocycles. The zero-order valence-corrected chi connectivity index (χ0v) is 12.7. The second-order valence-corrected chi connectivity index (χ2v) is 6.52. The summed E-state index contributed by atoms with van der Waals surface area (Å²) in [4.78, 5) is 12.1. The third-order valence-corrected chi connectivity index (χ3v) is 4.44. The van der Waals surface area contributed by atoms with Gasteiger partial charge in [0.2, 0.25) is 10.0 Å². The molecule has 0 aliphatic heterocycles. The summed E-state index contributed by atoms with van der Waals surface area (Å²) < 4.78 is 25.6. The van der Waals surface area contributed by atoms with Crippen LogP contribution in [0.1, 0.15) is 10.4 Å². The van der Waals surface area contributed by atoms with Crippen LogP contribution in [0.15, 0.2) is 53.4 Å². The highest BCUT2D eigenvalue weighted by Crippen LogP contribution is 2.16. The zero-order valence-electron chi connectivity index (χ0n) is 11.1. The van der Waals surface area contributed by atoms with Crippen molar-refractivity contribution in [2.75, 3.05) is 12.4 Å². The van der Waals surface area contributed by atoms with Crippen molar-refractivity contribution in [2.45, 2.75) is 4.90 Å². The number of anilines is 1. The predicted molar refractivity (Wildman–Crippen MR) is 82.1 cm³/mol. The molecule has 21 heavy (non-hydrogen) atoms. The maximum atomic E-state index is 12.1. The second-order valence-electron chi connectivity index (χ2n) is 4.20. The molecule has 1 amide bonds. The van der Waals surface area contributed by atoms with Crippen molar-refractivity contribution in [1.82, 2.24) is 4.72 Å². The molecule has 2 rings (SSSR count). The van der Waals surface area contributed by atoms with Crippen LogP contribution in [0.25, 0.3) is 0 Å². The summed E-state index contributed by atoms with van der Waals surface area (Å²) in [5, 5.41) is 3.23. The Bertz CT molecular complexity index is 758. The highest BCUT2D eigenvalue weighted by Gasteiger charge is 2.14.